The molecular formula is C19H17NO3S. The van der Waals surface area contributed by atoms with E-state index >= 15 is 0 Å². The van der Waals surface area contributed by atoms with E-state index in [2.05, 4.69) is 0 Å². The van der Waals surface area contributed by atoms with Gasteiger partial charge in [0, 0.05) is 17.7 Å². The molecule has 0 unspecified atom stereocenters. The first-order valence-corrected chi connectivity index (χ1v) is 8.76. The number of esters is 1. The molecule has 1 saturated heterocycles. The number of carbonyl (C=O) groups is 2. The molecule has 1 amide bonds. The number of hydrogen-bond acceptors (Lipinski definition) is 4. The summed E-state index contributed by atoms with van der Waals surface area (Å²) in [6.45, 7) is 2.24. The smallest absolute Gasteiger partial charge is 0.343 e. The Morgan fingerprint density at radius 3 is 2.75 bits per heavy atom. The zero-order valence-corrected chi connectivity index (χ0v) is 14.1. The number of carbonyl (C=O) groups excluding carboxylic acids is 2. The lowest BCUT2D eigenvalue weighted by molar-refractivity contribution is -0.148. The van der Waals surface area contributed by atoms with Crippen LogP contribution >= 0.6 is 11.8 Å². The first-order valence-electron chi connectivity index (χ1n) is 7.94. The maximum Gasteiger partial charge on any atom is 0.343 e. The van der Waals surface area contributed by atoms with Crippen molar-refractivity contribution in [3.8, 4) is 0 Å². The Morgan fingerprint density at radius 2 is 1.96 bits per heavy atom. The van der Waals surface area contributed by atoms with Crippen molar-refractivity contribution in [2.75, 3.05) is 4.90 Å². The van der Waals surface area contributed by atoms with Crippen molar-refractivity contribution in [1.82, 2.24) is 0 Å². The molecule has 122 valence electrons. The predicted octanol–water partition coefficient (Wildman–Crippen LogP) is 3.67. The van der Waals surface area contributed by atoms with Crippen LogP contribution in [-0.4, -0.2) is 16.7 Å². The number of anilines is 1. The van der Waals surface area contributed by atoms with E-state index in [1.807, 2.05) is 55.5 Å². The molecule has 0 aliphatic carbocycles. The van der Waals surface area contributed by atoms with Crippen molar-refractivity contribution in [2.45, 2.75) is 36.1 Å². The standard InChI is InChI=1S/C19H17NO3S/c1-13-6-8-14(9-7-13)12-23-18(22)19-11-10-17(21)20(19)15-4-2-3-5-16(15)24-19/h2-9H,10-12H2,1H3/t19-/m0/s1. The maximum absolute atomic E-state index is 12.9. The summed E-state index contributed by atoms with van der Waals surface area (Å²) in [6.07, 6.45) is 0.860. The summed E-state index contributed by atoms with van der Waals surface area (Å²) in [6, 6.07) is 15.5. The Labute approximate surface area is 144 Å². The molecule has 24 heavy (non-hydrogen) atoms. The molecule has 5 heteroatoms. The van der Waals surface area contributed by atoms with Gasteiger partial charge in [0.1, 0.15) is 6.61 Å². The third kappa shape index (κ3) is 2.31. The van der Waals surface area contributed by atoms with Crippen LogP contribution in [0.4, 0.5) is 5.69 Å². The molecule has 4 rings (SSSR count). The number of para-hydroxylation sites is 1. The molecule has 0 radical (unpaired) electrons. The molecular weight excluding hydrogens is 322 g/mol. The van der Waals surface area contributed by atoms with Gasteiger partial charge in [-0.1, -0.05) is 53.7 Å². The topological polar surface area (TPSA) is 46.6 Å². The van der Waals surface area contributed by atoms with Gasteiger partial charge in [-0.15, -0.1) is 0 Å². The number of rotatable bonds is 3. The molecule has 2 aromatic carbocycles. The van der Waals surface area contributed by atoms with Gasteiger partial charge in [-0.05, 0) is 24.6 Å². The zero-order valence-electron chi connectivity index (χ0n) is 13.3. The van der Waals surface area contributed by atoms with Crippen LogP contribution in [0.2, 0.25) is 0 Å². The Hall–Kier alpha value is -2.27. The van der Waals surface area contributed by atoms with Crippen molar-refractivity contribution < 1.29 is 14.3 Å². The molecule has 0 saturated carbocycles. The van der Waals surface area contributed by atoms with E-state index in [9.17, 15) is 9.59 Å². The van der Waals surface area contributed by atoms with Crippen LogP contribution in [0.1, 0.15) is 24.0 Å². The van der Waals surface area contributed by atoms with Crippen LogP contribution in [0.3, 0.4) is 0 Å². The number of amides is 1. The minimum atomic E-state index is -0.939. The fraction of sp³-hybridized carbons (Fsp3) is 0.263. The van der Waals surface area contributed by atoms with E-state index in [0.717, 1.165) is 21.7 Å². The van der Waals surface area contributed by atoms with Crippen LogP contribution in [-0.2, 0) is 20.9 Å². The second-order valence-electron chi connectivity index (χ2n) is 6.15. The summed E-state index contributed by atoms with van der Waals surface area (Å²) in [7, 11) is 0. The summed E-state index contributed by atoms with van der Waals surface area (Å²) >= 11 is 1.43. The van der Waals surface area contributed by atoms with Gasteiger partial charge in [0.2, 0.25) is 5.91 Å². The molecule has 4 nitrogen and oxygen atoms in total. The largest absolute Gasteiger partial charge is 0.458 e. The summed E-state index contributed by atoms with van der Waals surface area (Å²) in [5.41, 5.74) is 2.93. The fourth-order valence-electron chi connectivity index (χ4n) is 3.22. The first kappa shape index (κ1) is 15.3. The van der Waals surface area contributed by atoms with Gasteiger partial charge in [-0.25, -0.2) is 4.79 Å². The van der Waals surface area contributed by atoms with E-state index in [-0.39, 0.29) is 18.5 Å². The molecule has 2 heterocycles. The zero-order chi connectivity index (χ0) is 16.7. The summed E-state index contributed by atoms with van der Waals surface area (Å²) in [4.78, 5) is 26.9. The lowest BCUT2D eigenvalue weighted by atomic mass is 10.1. The Morgan fingerprint density at radius 1 is 1.21 bits per heavy atom. The highest BCUT2D eigenvalue weighted by atomic mass is 32.2. The highest BCUT2D eigenvalue weighted by Gasteiger charge is 2.58. The minimum absolute atomic E-state index is 0.0141. The fourth-order valence-corrected chi connectivity index (χ4v) is 4.63. The molecule has 0 N–H and O–H groups in total. The molecule has 0 aromatic heterocycles. The Bertz CT molecular complexity index is 818. The number of benzene rings is 2. The van der Waals surface area contributed by atoms with Gasteiger partial charge in [-0.2, -0.15) is 0 Å². The third-order valence-corrected chi connectivity index (χ3v) is 5.94. The SMILES string of the molecule is Cc1ccc(COC(=O)[C@@]23CCC(=O)N2c2ccccc2S3)cc1. The van der Waals surface area contributed by atoms with E-state index in [1.165, 1.54) is 11.8 Å². The molecule has 2 aromatic rings. The van der Waals surface area contributed by atoms with Crippen LogP contribution in [0, 0.1) is 6.92 Å². The van der Waals surface area contributed by atoms with Crippen molar-refractivity contribution in [1.29, 1.82) is 0 Å². The van der Waals surface area contributed by atoms with Gasteiger partial charge in [0.15, 0.2) is 4.87 Å². The van der Waals surface area contributed by atoms with Crippen molar-refractivity contribution in [2.24, 2.45) is 0 Å². The number of ether oxygens (including phenoxy) is 1. The van der Waals surface area contributed by atoms with Crippen LogP contribution in [0.25, 0.3) is 0 Å². The molecule has 2 aliphatic heterocycles. The van der Waals surface area contributed by atoms with E-state index in [1.54, 1.807) is 4.90 Å². The number of fused-ring (bicyclic) bond motifs is 3. The average Bonchev–Trinajstić information content (AvgIpc) is 3.10. The van der Waals surface area contributed by atoms with Crippen molar-refractivity contribution in [3.63, 3.8) is 0 Å². The van der Waals surface area contributed by atoms with Gasteiger partial charge >= 0.3 is 5.97 Å². The van der Waals surface area contributed by atoms with Crippen molar-refractivity contribution >= 4 is 29.3 Å². The lowest BCUT2D eigenvalue weighted by Gasteiger charge is -2.28. The van der Waals surface area contributed by atoms with E-state index < -0.39 is 4.87 Å². The normalized spacial score (nSPS) is 21.5. The van der Waals surface area contributed by atoms with Crippen LogP contribution in [0.15, 0.2) is 53.4 Å². The van der Waals surface area contributed by atoms with Gasteiger partial charge in [-0.3, -0.25) is 9.69 Å². The summed E-state index contributed by atoms with van der Waals surface area (Å²) < 4.78 is 5.58. The van der Waals surface area contributed by atoms with E-state index in [4.69, 9.17) is 4.74 Å². The average molecular weight is 339 g/mol. The second kappa shape index (κ2) is 5.67. The molecule has 0 spiro atoms. The number of nitrogens with zero attached hydrogens (tertiary/aromatic N) is 1. The second-order valence-corrected chi connectivity index (χ2v) is 7.46. The predicted molar refractivity (Wildman–Crippen MR) is 92.7 cm³/mol. The van der Waals surface area contributed by atoms with Crippen LogP contribution in [0.5, 0.6) is 0 Å². The maximum atomic E-state index is 12.9. The number of aryl methyl sites for hydroxylation is 1. The molecule has 2 aliphatic rings. The highest BCUT2D eigenvalue weighted by Crippen LogP contribution is 2.56. The molecule has 1 fully saturated rings. The van der Waals surface area contributed by atoms with Crippen LogP contribution < -0.4 is 4.90 Å². The quantitative estimate of drug-likeness (QED) is 0.801. The minimum Gasteiger partial charge on any atom is -0.458 e. The monoisotopic (exact) mass is 339 g/mol. The summed E-state index contributed by atoms with van der Waals surface area (Å²) in [5.74, 6) is -0.352. The summed E-state index contributed by atoms with van der Waals surface area (Å²) in [5, 5.41) is 0. The number of thioether (sulfide) groups is 1. The number of hydrogen-bond donors (Lipinski definition) is 0. The highest BCUT2D eigenvalue weighted by molar-refractivity contribution is 8.02. The third-order valence-electron chi connectivity index (χ3n) is 4.48. The molecule has 1 atom stereocenters. The van der Waals surface area contributed by atoms with Gasteiger partial charge < -0.3 is 4.74 Å². The van der Waals surface area contributed by atoms with Gasteiger partial charge in [0.25, 0.3) is 0 Å². The lowest BCUT2D eigenvalue weighted by Crippen LogP contribution is -2.47. The van der Waals surface area contributed by atoms with Gasteiger partial charge in [0.05, 0.1) is 5.69 Å². The Kier molecular flexibility index (Phi) is 3.61. The molecule has 0 bridgehead atoms. The Balaban J connectivity index is 1.57. The first-order chi connectivity index (χ1) is 11.6. The van der Waals surface area contributed by atoms with Crippen molar-refractivity contribution in [3.05, 3.63) is 59.7 Å². The van der Waals surface area contributed by atoms with E-state index in [0.29, 0.717) is 12.8 Å².